The minimum absolute atomic E-state index is 0.248. The number of aromatic carboxylic acids is 1. The van der Waals surface area contributed by atoms with Gasteiger partial charge in [0, 0.05) is 38.1 Å². The molecule has 2 aromatic rings. The number of β-amino-alcohol motifs (C(OH)–C–C–N with tert-alkyl or cyclic N) is 1. The summed E-state index contributed by atoms with van der Waals surface area (Å²) >= 11 is 0. The zero-order chi connectivity index (χ0) is 18.0. The van der Waals surface area contributed by atoms with Crippen LogP contribution >= 0.6 is 0 Å². The molecule has 1 fully saturated rings. The van der Waals surface area contributed by atoms with E-state index in [2.05, 4.69) is 4.98 Å². The number of nitrogens with zero attached hydrogens (tertiary/aromatic N) is 2. The number of aliphatic hydroxyl groups is 2. The van der Waals surface area contributed by atoms with Gasteiger partial charge in [-0.25, -0.2) is 4.79 Å². The van der Waals surface area contributed by atoms with Crippen molar-refractivity contribution in [2.45, 2.75) is 6.10 Å². The summed E-state index contributed by atoms with van der Waals surface area (Å²) in [6, 6.07) is 6.85. The molecule has 1 saturated heterocycles. The van der Waals surface area contributed by atoms with E-state index in [0.717, 1.165) is 0 Å². The normalized spacial score (nSPS) is 17.0. The molecule has 1 aromatic carbocycles. The van der Waals surface area contributed by atoms with Gasteiger partial charge in [0.1, 0.15) is 11.4 Å². The number of hydrogen-bond donors (Lipinski definition) is 4. The summed E-state index contributed by atoms with van der Waals surface area (Å²) in [6.45, 7) is 2.32. The van der Waals surface area contributed by atoms with E-state index in [1.54, 1.807) is 24.3 Å². The van der Waals surface area contributed by atoms with E-state index >= 15 is 0 Å². The molecule has 134 valence electrons. The third kappa shape index (κ3) is 3.51. The van der Waals surface area contributed by atoms with Gasteiger partial charge in [0.05, 0.1) is 18.2 Å². The number of carbonyl (C=O) groups is 1. The van der Waals surface area contributed by atoms with Crippen molar-refractivity contribution in [3.8, 4) is 0 Å². The fourth-order valence-electron chi connectivity index (χ4n) is 3.17. The number of hydrogen-bond acceptors (Lipinski definition) is 6. The predicted octanol–water partition coefficient (Wildman–Crippen LogP) is -0.298. The number of carboxylic acids is 1. The number of H-pyrrole nitrogens is 1. The average Bonchev–Trinajstić information content (AvgIpc) is 2.61. The fraction of sp³-hybridized carbons (Fsp3) is 0.412. The Balaban J connectivity index is 1.90. The van der Waals surface area contributed by atoms with Gasteiger partial charge in [-0.3, -0.25) is 9.69 Å². The first kappa shape index (κ1) is 17.4. The fourth-order valence-corrected chi connectivity index (χ4v) is 3.17. The molecule has 0 amide bonds. The van der Waals surface area contributed by atoms with Crippen molar-refractivity contribution in [3.05, 3.63) is 40.1 Å². The highest BCUT2D eigenvalue weighted by Gasteiger charge is 2.26. The van der Waals surface area contributed by atoms with Crippen molar-refractivity contribution in [1.29, 1.82) is 0 Å². The quantitative estimate of drug-likeness (QED) is 0.587. The number of benzene rings is 1. The van der Waals surface area contributed by atoms with Crippen LogP contribution in [0.15, 0.2) is 29.1 Å². The maximum Gasteiger partial charge on any atom is 0.343 e. The molecule has 0 aliphatic carbocycles. The van der Waals surface area contributed by atoms with Gasteiger partial charge >= 0.3 is 5.97 Å². The van der Waals surface area contributed by atoms with Gasteiger partial charge in [-0.15, -0.1) is 0 Å². The highest BCUT2D eigenvalue weighted by Crippen LogP contribution is 2.21. The Hall–Kier alpha value is -2.42. The van der Waals surface area contributed by atoms with Gasteiger partial charge in [0.25, 0.3) is 0 Å². The van der Waals surface area contributed by atoms with Crippen LogP contribution in [-0.2, 0) is 0 Å². The predicted molar refractivity (Wildman–Crippen MR) is 93.3 cm³/mol. The first-order chi connectivity index (χ1) is 12.0. The number of nitrogens with one attached hydrogen (secondary N) is 1. The van der Waals surface area contributed by atoms with Crippen LogP contribution in [0.4, 0.5) is 5.82 Å². The summed E-state index contributed by atoms with van der Waals surface area (Å²) in [7, 11) is 0. The Morgan fingerprint density at radius 2 is 1.88 bits per heavy atom. The number of pyridine rings is 1. The molecule has 0 saturated carbocycles. The van der Waals surface area contributed by atoms with E-state index in [4.69, 9.17) is 5.11 Å². The molecule has 1 unspecified atom stereocenters. The van der Waals surface area contributed by atoms with Gasteiger partial charge < -0.3 is 25.2 Å². The third-order valence-corrected chi connectivity index (χ3v) is 4.47. The number of aromatic amines is 1. The lowest BCUT2D eigenvalue weighted by Gasteiger charge is -2.36. The van der Waals surface area contributed by atoms with Crippen LogP contribution < -0.4 is 10.3 Å². The first-order valence-electron chi connectivity index (χ1n) is 8.15. The maximum atomic E-state index is 12.6. The molecule has 8 heteroatoms. The molecule has 3 rings (SSSR count). The molecule has 25 heavy (non-hydrogen) atoms. The average molecular weight is 347 g/mol. The Bertz CT molecular complexity index is 827. The standard InChI is InChI=1S/C17H21N3O5/c21-10-11(22)9-19-5-7-20(8-6-19)16-14(17(24)25)15(23)12-3-1-2-4-13(12)18-16/h1-4,11,21-22H,5-10H2,(H,18,23)(H,24,25). The van der Waals surface area contributed by atoms with Crippen LogP contribution in [0.1, 0.15) is 10.4 Å². The monoisotopic (exact) mass is 347 g/mol. The van der Waals surface area contributed by atoms with Gasteiger partial charge in [-0.2, -0.15) is 0 Å². The zero-order valence-corrected chi connectivity index (χ0v) is 13.7. The number of rotatable bonds is 5. The first-order valence-corrected chi connectivity index (χ1v) is 8.15. The summed E-state index contributed by atoms with van der Waals surface area (Å²) in [6.07, 6.45) is -0.790. The summed E-state index contributed by atoms with van der Waals surface area (Å²) < 4.78 is 0. The maximum absolute atomic E-state index is 12.6. The van der Waals surface area contributed by atoms with E-state index in [-0.39, 0.29) is 12.2 Å². The summed E-state index contributed by atoms with van der Waals surface area (Å²) in [5.74, 6) is -0.932. The van der Waals surface area contributed by atoms with Crippen LogP contribution in [-0.4, -0.2) is 76.6 Å². The van der Waals surface area contributed by atoms with Crippen molar-refractivity contribution in [2.75, 3.05) is 44.2 Å². The molecular formula is C17H21N3O5. The number of para-hydroxylation sites is 1. The molecule has 4 N–H and O–H groups in total. The number of aliphatic hydroxyl groups excluding tert-OH is 2. The van der Waals surface area contributed by atoms with E-state index in [1.165, 1.54) is 0 Å². The number of fused-ring (bicyclic) bond motifs is 1. The van der Waals surface area contributed by atoms with Crippen LogP contribution in [0.2, 0.25) is 0 Å². The minimum Gasteiger partial charge on any atom is -0.477 e. The minimum atomic E-state index is -1.25. The Kier molecular flexibility index (Phi) is 5.03. The molecule has 1 aliphatic rings. The van der Waals surface area contributed by atoms with E-state index in [1.807, 2.05) is 9.80 Å². The van der Waals surface area contributed by atoms with Crippen molar-refractivity contribution in [2.24, 2.45) is 0 Å². The molecule has 2 heterocycles. The van der Waals surface area contributed by atoms with Crippen molar-refractivity contribution in [1.82, 2.24) is 9.88 Å². The highest BCUT2D eigenvalue weighted by molar-refractivity contribution is 5.98. The SMILES string of the molecule is O=C(O)c1c(N2CCN(CC(O)CO)CC2)[nH]c2ccccc2c1=O. The van der Waals surface area contributed by atoms with Crippen molar-refractivity contribution >= 4 is 22.7 Å². The Morgan fingerprint density at radius 1 is 1.20 bits per heavy atom. The van der Waals surface area contributed by atoms with Gasteiger partial charge in [0.2, 0.25) is 5.43 Å². The Morgan fingerprint density at radius 3 is 2.52 bits per heavy atom. The molecule has 1 aromatic heterocycles. The molecule has 0 radical (unpaired) electrons. The number of piperazine rings is 1. The molecule has 0 bridgehead atoms. The highest BCUT2D eigenvalue weighted by atomic mass is 16.4. The molecule has 8 nitrogen and oxygen atoms in total. The third-order valence-electron chi connectivity index (χ3n) is 4.47. The lowest BCUT2D eigenvalue weighted by atomic mass is 10.1. The van der Waals surface area contributed by atoms with E-state index in [9.17, 15) is 19.8 Å². The summed E-state index contributed by atoms with van der Waals surface area (Å²) in [4.78, 5) is 31.2. The second-order valence-corrected chi connectivity index (χ2v) is 6.15. The van der Waals surface area contributed by atoms with E-state index in [0.29, 0.717) is 49.4 Å². The van der Waals surface area contributed by atoms with Crippen LogP contribution in [0, 0.1) is 0 Å². The summed E-state index contributed by atoms with van der Waals surface area (Å²) in [5.41, 5.74) is -0.136. The van der Waals surface area contributed by atoms with Crippen LogP contribution in [0.25, 0.3) is 10.9 Å². The smallest absolute Gasteiger partial charge is 0.343 e. The number of aromatic nitrogens is 1. The van der Waals surface area contributed by atoms with Crippen LogP contribution in [0.3, 0.4) is 0 Å². The van der Waals surface area contributed by atoms with Crippen molar-refractivity contribution < 1.29 is 20.1 Å². The zero-order valence-electron chi connectivity index (χ0n) is 13.7. The largest absolute Gasteiger partial charge is 0.477 e. The second kappa shape index (κ2) is 7.22. The van der Waals surface area contributed by atoms with E-state index < -0.39 is 17.5 Å². The number of anilines is 1. The van der Waals surface area contributed by atoms with Gasteiger partial charge in [0.15, 0.2) is 0 Å². The van der Waals surface area contributed by atoms with Gasteiger partial charge in [-0.05, 0) is 12.1 Å². The molecule has 1 atom stereocenters. The lowest BCUT2D eigenvalue weighted by Crippen LogP contribution is -2.50. The molecule has 1 aliphatic heterocycles. The van der Waals surface area contributed by atoms with Crippen molar-refractivity contribution in [3.63, 3.8) is 0 Å². The summed E-state index contributed by atoms with van der Waals surface area (Å²) in [5, 5.41) is 28.3. The van der Waals surface area contributed by atoms with Crippen LogP contribution in [0.5, 0.6) is 0 Å². The molecule has 0 spiro atoms. The Labute approximate surface area is 143 Å². The lowest BCUT2D eigenvalue weighted by molar-refractivity contribution is 0.0574. The molecular weight excluding hydrogens is 326 g/mol. The second-order valence-electron chi connectivity index (χ2n) is 6.15. The van der Waals surface area contributed by atoms with Gasteiger partial charge in [-0.1, -0.05) is 12.1 Å². The topological polar surface area (TPSA) is 117 Å². The number of carboxylic acid groups (broad SMARTS) is 1.